The number of hydrogen-bond acceptors (Lipinski definition) is 5. The molecule has 0 amide bonds. The van der Waals surface area contributed by atoms with Crippen molar-refractivity contribution >= 4 is 11.6 Å². The van der Waals surface area contributed by atoms with Crippen molar-refractivity contribution in [1.29, 1.82) is 0 Å². The highest BCUT2D eigenvalue weighted by atomic mass is 35.5. The van der Waals surface area contributed by atoms with E-state index >= 15 is 0 Å². The zero-order valence-corrected chi connectivity index (χ0v) is 11.2. The highest BCUT2D eigenvalue weighted by molar-refractivity contribution is 6.30. The van der Waals surface area contributed by atoms with E-state index in [9.17, 15) is 0 Å². The van der Waals surface area contributed by atoms with Gasteiger partial charge in [-0.3, -0.25) is 0 Å². The summed E-state index contributed by atoms with van der Waals surface area (Å²) in [6.07, 6.45) is 0. The third-order valence-corrected chi connectivity index (χ3v) is 3.79. The van der Waals surface area contributed by atoms with Crippen LogP contribution in [0.15, 0.2) is 28.8 Å². The van der Waals surface area contributed by atoms with E-state index in [-0.39, 0.29) is 6.04 Å². The maximum Gasteiger partial charge on any atom is 0.236 e. The Morgan fingerprint density at radius 1 is 1.37 bits per heavy atom. The van der Waals surface area contributed by atoms with Gasteiger partial charge in [0.2, 0.25) is 11.7 Å². The molecule has 3 rings (SSSR count). The number of rotatable bonds is 2. The molecule has 0 bridgehead atoms. The number of ether oxygens (including phenoxy) is 1. The summed E-state index contributed by atoms with van der Waals surface area (Å²) >= 11 is 5.85. The summed E-state index contributed by atoms with van der Waals surface area (Å²) in [7, 11) is 0. The van der Waals surface area contributed by atoms with Gasteiger partial charge in [0.25, 0.3) is 0 Å². The fourth-order valence-corrected chi connectivity index (χ4v) is 2.21. The lowest BCUT2D eigenvalue weighted by atomic mass is 9.86. The average Bonchev–Trinajstić information content (AvgIpc) is 3.00. The standard InChI is InChI=1S/C13H14ClN3O2/c1-13(7-18-6-10(13)15)12-16-11(17-19-12)8-2-4-9(14)5-3-8/h2-5,10H,6-7,15H2,1H3. The van der Waals surface area contributed by atoms with Gasteiger partial charge in [-0.15, -0.1) is 0 Å². The van der Waals surface area contributed by atoms with Crippen LogP contribution in [0.4, 0.5) is 0 Å². The first kappa shape index (κ1) is 12.6. The molecule has 2 heterocycles. The number of halogens is 1. The molecule has 2 aromatic rings. The predicted octanol–water partition coefficient (Wildman–Crippen LogP) is 2.01. The molecule has 1 aromatic carbocycles. The van der Waals surface area contributed by atoms with E-state index < -0.39 is 5.41 Å². The third-order valence-electron chi connectivity index (χ3n) is 3.53. The lowest BCUT2D eigenvalue weighted by Crippen LogP contribution is -2.42. The summed E-state index contributed by atoms with van der Waals surface area (Å²) < 4.78 is 10.7. The van der Waals surface area contributed by atoms with Crippen LogP contribution in [0.5, 0.6) is 0 Å². The molecule has 0 radical (unpaired) electrons. The third kappa shape index (κ3) is 2.14. The molecule has 1 saturated heterocycles. The Labute approximate surface area is 115 Å². The van der Waals surface area contributed by atoms with Crippen LogP contribution in [0.25, 0.3) is 11.4 Å². The summed E-state index contributed by atoms with van der Waals surface area (Å²) in [4.78, 5) is 4.43. The van der Waals surface area contributed by atoms with Crippen LogP contribution in [0.3, 0.4) is 0 Å². The molecular weight excluding hydrogens is 266 g/mol. The van der Waals surface area contributed by atoms with Crippen molar-refractivity contribution in [3.8, 4) is 11.4 Å². The minimum atomic E-state index is -0.419. The second-order valence-corrected chi connectivity index (χ2v) is 5.41. The van der Waals surface area contributed by atoms with E-state index in [2.05, 4.69) is 10.1 Å². The smallest absolute Gasteiger partial charge is 0.236 e. The minimum absolute atomic E-state index is 0.133. The van der Waals surface area contributed by atoms with E-state index in [0.29, 0.717) is 30.0 Å². The van der Waals surface area contributed by atoms with Crippen molar-refractivity contribution in [2.45, 2.75) is 18.4 Å². The van der Waals surface area contributed by atoms with Crippen molar-refractivity contribution < 1.29 is 9.26 Å². The first-order valence-electron chi connectivity index (χ1n) is 6.03. The van der Waals surface area contributed by atoms with Gasteiger partial charge >= 0.3 is 0 Å². The highest BCUT2D eigenvalue weighted by Crippen LogP contribution is 2.32. The fourth-order valence-electron chi connectivity index (χ4n) is 2.08. The second kappa shape index (κ2) is 4.59. The minimum Gasteiger partial charge on any atom is -0.379 e. The Balaban J connectivity index is 1.93. The van der Waals surface area contributed by atoms with E-state index in [0.717, 1.165) is 5.56 Å². The summed E-state index contributed by atoms with van der Waals surface area (Å²) in [5.74, 6) is 1.05. The van der Waals surface area contributed by atoms with Crippen LogP contribution in [-0.2, 0) is 10.2 Å². The number of aromatic nitrogens is 2. The molecule has 2 atom stereocenters. The highest BCUT2D eigenvalue weighted by Gasteiger charge is 2.44. The van der Waals surface area contributed by atoms with Gasteiger partial charge in [0.05, 0.1) is 18.6 Å². The quantitative estimate of drug-likeness (QED) is 0.910. The molecular formula is C13H14ClN3O2. The zero-order valence-electron chi connectivity index (χ0n) is 10.5. The Kier molecular flexibility index (Phi) is 3.05. The van der Waals surface area contributed by atoms with Crippen LogP contribution < -0.4 is 5.73 Å². The van der Waals surface area contributed by atoms with Gasteiger partial charge in [-0.25, -0.2) is 0 Å². The van der Waals surface area contributed by atoms with E-state index in [1.165, 1.54) is 0 Å². The van der Waals surface area contributed by atoms with E-state index in [4.69, 9.17) is 26.6 Å². The Morgan fingerprint density at radius 3 is 2.74 bits per heavy atom. The normalized spacial score (nSPS) is 26.8. The second-order valence-electron chi connectivity index (χ2n) is 4.97. The van der Waals surface area contributed by atoms with Crippen LogP contribution in [0, 0.1) is 0 Å². The summed E-state index contributed by atoms with van der Waals surface area (Å²) in [5, 5.41) is 4.67. The van der Waals surface area contributed by atoms with Crippen LogP contribution in [0.1, 0.15) is 12.8 Å². The SMILES string of the molecule is CC1(c2nc(-c3ccc(Cl)cc3)no2)COCC1N. The molecule has 0 spiro atoms. The molecule has 0 saturated carbocycles. The lowest BCUT2D eigenvalue weighted by Gasteiger charge is -2.21. The predicted molar refractivity (Wildman–Crippen MR) is 70.9 cm³/mol. The topological polar surface area (TPSA) is 74.2 Å². The van der Waals surface area contributed by atoms with Crippen LogP contribution in [-0.4, -0.2) is 29.4 Å². The van der Waals surface area contributed by atoms with E-state index in [1.54, 1.807) is 12.1 Å². The molecule has 2 N–H and O–H groups in total. The number of hydrogen-bond donors (Lipinski definition) is 1. The Hall–Kier alpha value is -1.43. The molecule has 1 fully saturated rings. The molecule has 0 aliphatic carbocycles. The number of benzene rings is 1. The molecule has 5 nitrogen and oxygen atoms in total. The van der Waals surface area contributed by atoms with Crippen molar-refractivity contribution in [2.75, 3.05) is 13.2 Å². The largest absolute Gasteiger partial charge is 0.379 e. The van der Waals surface area contributed by atoms with Crippen LogP contribution >= 0.6 is 11.6 Å². The van der Waals surface area contributed by atoms with Gasteiger partial charge in [0.15, 0.2) is 0 Å². The fraction of sp³-hybridized carbons (Fsp3) is 0.385. The molecule has 1 aromatic heterocycles. The number of nitrogens with zero attached hydrogens (tertiary/aromatic N) is 2. The maximum atomic E-state index is 6.04. The molecule has 19 heavy (non-hydrogen) atoms. The van der Waals surface area contributed by atoms with Gasteiger partial charge in [-0.1, -0.05) is 16.8 Å². The van der Waals surface area contributed by atoms with Gasteiger partial charge < -0.3 is 15.0 Å². The van der Waals surface area contributed by atoms with E-state index in [1.807, 2.05) is 19.1 Å². The first-order chi connectivity index (χ1) is 9.09. The molecule has 1 aliphatic rings. The monoisotopic (exact) mass is 279 g/mol. The van der Waals surface area contributed by atoms with Gasteiger partial charge in [0.1, 0.15) is 0 Å². The van der Waals surface area contributed by atoms with Crippen molar-refractivity contribution in [3.63, 3.8) is 0 Å². The molecule has 6 heteroatoms. The summed E-state index contributed by atoms with van der Waals surface area (Å²) in [6, 6.07) is 7.15. The molecule has 1 aliphatic heterocycles. The molecule has 100 valence electrons. The van der Waals surface area contributed by atoms with Gasteiger partial charge in [-0.05, 0) is 31.2 Å². The first-order valence-corrected chi connectivity index (χ1v) is 6.41. The molecule has 2 unspecified atom stereocenters. The van der Waals surface area contributed by atoms with Crippen molar-refractivity contribution in [1.82, 2.24) is 10.1 Å². The Bertz CT molecular complexity index is 584. The van der Waals surface area contributed by atoms with Crippen molar-refractivity contribution in [3.05, 3.63) is 35.2 Å². The zero-order chi connectivity index (χ0) is 13.5. The lowest BCUT2D eigenvalue weighted by molar-refractivity contribution is 0.169. The number of nitrogens with two attached hydrogens (primary N) is 1. The summed E-state index contributed by atoms with van der Waals surface area (Å²) in [6.45, 7) is 2.98. The van der Waals surface area contributed by atoms with Crippen LogP contribution in [0.2, 0.25) is 5.02 Å². The maximum absolute atomic E-state index is 6.04. The average molecular weight is 280 g/mol. The van der Waals surface area contributed by atoms with Gasteiger partial charge in [-0.2, -0.15) is 4.98 Å². The Morgan fingerprint density at radius 2 is 2.11 bits per heavy atom. The summed E-state index contributed by atoms with van der Waals surface area (Å²) in [5.41, 5.74) is 6.48. The van der Waals surface area contributed by atoms with Gasteiger partial charge in [0, 0.05) is 16.6 Å². The van der Waals surface area contributed by atoms with Crippen molar-refractivity contribution in [2.24, 2.45) is 5.73 Å².